The van der Waals surface area contributed by atoms with Crippen molar-refractivity contribution in [2.24, 2.45) is 5.73 Å². The molecule has 0 amide bonds. The minimum absolute atomic E-state index is 0. The molecule has 0 unspecified atom stereocenters. The van der Waals surface area contributed by atoms with Crippen LogP contribution in [0.15, 0.2) is 24.3 Å². The van der Waals surface area contributed by atoms with Crippen molar-refractivity contribution in [3.8, 4) is 0 Å². The molecule has 84 valence electrons. The van der Waals surface area contributed by atoms with E-state index in [2.05, 4.69) is 0 Å². The van der Waals surface area contributed by atoms with Crippen LogP contribution in [0.3, 0.4) is 0 Å². The van der Waals surface area contributed by atoms with Crippen LogP contribution in [-0.2, 0) is 11.2 Å². The van der Waals surface area contributed by atoms with Gasteiger partial charge in [-0.3, -0.25) is 5.41 Å². The van der Waals surface area contributed by atoms with E-state index in [-0.39, 0.29) is 30.7 Å². The summed E-state index contributed by atoms with van der Waals surface area (Å²) < 4.78 is 17.8. The van der Waals surface area contributed by atoms with Crippen molar-refractivity contribution in [1.29, 1.82) is 5.41 Å². The number of halogens is 2. The van der Waals surface area contributed by atoms with Gasteiger partial charge < -0.3 is 10.5 Å². The molecule has 0 heterocycles. The van der Waals surface area contributed by atoms with Crippen molar-refractivity contribution in [3.63, 3.8) is 0 Å². The van der Waals surface area contributed by atoms with Crippen LogP contribution in [0.5, 0.6) is 0 Å². The van der Waals surface area contributed by atoms with E-state index in [9.17, 15) is 4.39 Å². The molecular formula is C10H14ClFN2O. The molecule has 3 N–H and O–H groups in total. The Morgan fingerprint density at radius 1 is 1.47 bits per heavy atom. The van der Waals surface area contributed by atoms with Crippen LogP contribution in [-0.4, -0.2) is 19.0 Å². The van der Waals surface area contributed by atoms with Gasteiger partial charge in [0.25, 0.3) is 0 Å². The summed E-state index contributed by atoms with van der Waals surface area (Å²) in [6, 6.07) is 6.37. The number of benzene rings is 1. The van der Waals surface area contributed by atoms with Gasteiger partial charge in [-0.2, -0.15) is 0 Å². The Morgan fingerprint density at radius 2 is 2.20 bits per heavy atom. The Balaban J connectivity index is 0.00000196. The molecular weight excluding hydrogens is 219 g/mol. The van der Waals surface area contributed by atoms with Crippen molar-refractivity contribution in [2.75, 3.05) is 13.2 Å². The smallest absolute Gasteiger partial charge is 0.123 e. The lowest BCUT2D eigenvalue weighted by Gasteiger charge is -2.02. The molecule has 0 aliphatic carbocycles. The predicted molar refractivity (Wildman–Crippen MR) is 60.1 cm³/mol. The maximum Gasteiger partial charge on any atom is 0.123 e. The Kier molecular flexibility index (Phi) is 6.66. The van der Waals surface area contributed by atoms with Crippen molar-refractivity contribution >= 4 is 18.2 Å². The molecule has 15 heavy (non-hydrogen) atoms. The predicted octanol–water partition coefficient (Wildman–Crippen LogP) is 1.74. The molecule has 0 radical (unpaired) electrons. The van der Waals surface area contributed by atoms with E-state index < -0.39 is 0 Å². The molecule has 1 aromatic carbocycles. The maximum atomic E-state index is 12.7. The summed E-state index contributed by atoms with van der Waals surface area (Å²) >= 11 is 0. The van der Waals surface area contributed by atoms with E-state index in [1.807, 2.05) is 6.07 Å². The van der Waals surface area contributed by atoms with Crippen LogP contribution in [0.1, 0.15) is 5.56 Å². The Hall–Kier alpha value is -1.13. The van der Waals surface area contributed by atoms with Gasteiger partial charge in [-0.1, -0.05) is 12.1 Å². The average Bonchev–Trinajstić information content (AvgIpc) is 2.12. The second kappa shape index (κ2) is 7.20. The maximum absolute atomic E-state index is 12.7. The van der Waals surface area contributed by atoms with Crippen LogP contribution >= 0.6 is 12.4 Å². The van der Waals surface area contributed by atoms with Crippen LogP contribution in [0, 0.1) is 11.2 Å². The zero-order valence-electron chi connectivity index (χ0n) is 8.20. The second-order valence-electron chi connectivity index (χ2n) is 2.96. The highest BCUT2D eigenvalue weighted by Gasteiger charge is 1.96. The molecule has 0 spiro atoms. The number of nitrogens with two attached hydrogens (primary N) is 1. The largest absolute Gasteiger partial charge is 0.386 e. The van der Waals surface area contributed by atoms with Crippen molar-refractivity contribution in [2.45, 2.75) is 6.42 Å². The van der Waals surface area contributed by atoms with Crippen LogP contribution in [0.25, 0.3) is 0 Å². The highest BCUT2D eigenvalue weighted by atomic mass is 35.5. The first-order valence-corrected chi connectivity index (χ1v) is 4.33. The Labute approximate surface area is 94.3 Å². The zero-order chi connectivity index (χ0) is 10.4. The number of hydrogen-bond acceptors (Lipinski definition) is 2. The molecule has 0 saturated heterocycles. The van der Waals surface area contributed by atoms with Crippen LogP contribution in [0.4, 0.5) is 4.39 Å². The van der Waals surface area contributed by atoms with E-state index in [4.69, 9.17) is 15.9 Å². The van der Waals surface area contributed by atoms with E-state index in [0.717, 1.165) is 5.56 Å². The van der Waals surface area contributed by atoms with Gasteiger partial charge >= 0.3 is 0 Å². The van der Waals surface area contributed by atoms with Gasteiger partial charge in [-0.15, -0.1) is 12.4 Å². The molecule has 5 heteroatoms. The molecule has 0 saturated carbocycles. The Morgan fingerprint density at radius 3 is 2.80 bits per heavy atom. The molecule has 0 atom stereocenters. The first kappa shape index (κ1) is 13.9. The standard InChI is InChI=1S/C10H13FN2O.ClH/c11-9-3-1-2-8(6-9)4-5-14-7-10(12)13;/h1-3,6H,4-5,7H2,(H3,12,13);1H. The first-order valence-electron chi connectivity index (χ1n) is 4.33. The highest BCUT2D eigenvalue weighted by Crippen LogP contribution is 2.03. The van der Waals surface area contributed by atoms with Gasteiger partial charge in [0, 0.05) is 0 Å². The number of ether oxygens (including phenoxy) is 1. The van der Waals surface area contributed by atoms with Gasteiger partial charge in [-0.25, -0.2) is 4.39 Å². The average molecular weight is 233 g/mol. The monoisotopic (exact) mass is 232 g/mol. The van der Waals surface area contributed by atoms with Gasteiger partial charge in [0.05, 0.1) is 6.61 Å². The van der Waals surface area contributed by atoms with E-state index in [0.29, 0.717) is 13.0 Å². The molecule has 3 nitrogen and oxygen atoms in total. The summed E-state index contributed by atoms with van der Waals surface area (Å²) in [6.45, 7) is 0.582. The Bertz CT molecular complexity index is 320. The van der Waals surface area contributed by atoms with Crippen molar-refractivity contribution in [1.82, 2.24) is 0 Å². The van der Waals surface area contributed by atoms with Crippen LogP contribution < -0.4 is 5.73 Å². The third kappa shape index (κ3) is 6.04. The third-order valence-electron chi connectivity index (χ3n) is 1.68. The van der Waals surface area contributed by atoms with Gasteiger partial charge in [0.1, 0.15) is 18.3 Å². The number of amidine groups is 1. The van der Waals surface area contributed by atoms with Crippen molar-refractivity contribution < 1.29 is 9.13 Å². The fourth-order valence-corrected chi connectivity index (χ4v) is 1.06. The second-order valence-corrected chi connectivity index (χ2v) is 2.96. The summed E-state index contributed by atoms with van der Waals surface area (Å²) in [5.41, 5.74) is 5.98. The number of nitrogens with one attached hydrogen (secondary N) is 1. The summed E-state index contributed by atoms with van der Waals surface area (Å²) in [5.74, 6) is -0.238. The third-order valence-corrected chi connectivity index (χ3v) is 1.68. The first-order chi connectivity index (χ1) is 6.68. The zero-order valence-corrected chi connectivity index (χ0v) is 9.02. The molecule has 1 aromatic rings. The quantitative estimate of drug-likeness (QED) is 0.462. The molecule has 0 aliphatic heterocycles. The van der Waals surface area contributed by atoms with Crippen molar-refractivity contribution in [3.05, 3.63) is 35.6 Å². The van der Waals surface area contributed by atoms with Crippen LogP contribution in [0.2, 0.25) is 0 Å². The lowest BCUT2D eigenvalue weighted by Crippen LogP contribution is -2.18. The lowest BCUT2D eigenvalue weighted by atomic mass is 10.2. The molecule has 0 aromatic heterocycles. The lowest BCUT2D eigenvalue weighted by molar-refractivity contribution is 0.174. The molecule has 0 fully saturated rings. The molecule has 0 aliphatic rings. The fraction of sp³-hybridized carbons (Fsp3) is 0.300. The summed E-state index contributed by atoms with van der Waals surface area (Å²) in [7, 11) is 0. The van der Waals surface area contributed by atoms with Gasteiger partial charge in [0.15, 0.2) is 0 Å². The van der Waals surface area contributed by atoms with Gasteiger partial charge in [-0.05, 0) is 24.1 Å². The minimum Gasteiger partial charge on any atom is -0.386 e. The summed E-state index contributed by atoms with van der Waals surface area (Å²) in [4.78, 5) is 0. The summed E-state index contributed by atoms with van der Waals surface area (Å²) in [6.07, 6.45) is 0.630. The number of rotatable bonds is 5. The normalized spacial score (nSPS) is 9.40. The van der Waals surface area contributed by atoms with E-state index in [1.54, 1.807) is 6.07 Å². The minimum atomic E-state index is -0.242. The van der Waals surface area contributed by atoms with Gasteiger partial charge in [0.2, 0.25) is 0 Å². The molecule has 0 bridgehead atoms. The SMILES string of the molecule is Cl.N=C(N)COCCc1cccc(F)c1. The summed E-state index contributed by atoms with van der Waals surface area (Å²) in [5, 5.41) is 6.90. The highest BCUT2D eigenvalue weighted by molar-refractivity contribution is 5.85. The van der Waals surface area contributed by atoms with E-state index in [1.165, 1.54) is 12.1 Å². The topological polar surface area (TPSA) is 59.1 Å². The molecule has 1 rings (SSSR count). The fourth-order valence-electron chi connectivity index (χ4n) is 1.06. The van der Waals surface area contributed by atoms with E-state index >= 15 is 0 Å². The number of hydrogen-bond donors (Lipinski definition) is 2.